The normalized spacial score (nSPS) is 12.0. The molecule has 0 fully saturated rings. The maximum absolute atomic E-state index is 13.4. The Balaban J connectivity index is 1.72. The van der Waals surface area contributed by atoms with Crippen molar-refractivity contribution in [1.29, 1.82) is 0 Å². The molecule has 0 aliphatic carbocycles. The molecular weight excluding hydrogens is 327 g/mol. The van der Waals surface area contributed by atoms with Crippen molar-refractivity contribution in [3.63, 3.8) is 0 Å². The number of hydrogen-bond donors (Lipinski definition) is 2. The molecule has 0 bridgehead atoms. The summed E-state index contributed by atoms with van der Waals surface area (Å²) in [4.78, 5) is 3.32. The van der Waals surface area contributed by atoms with E-state index < -0.39 is 10.0 Å². The van der Waals surface area contributed by atoms with Gasteiger partial charge in [-0.1, -0.05) is 6.07 Å². The van der Waals surface area contributed by atoms with Crippen LogP contribution in [0.15, 0.2) is 47.5 Å². The number of aromatic amines is 1. The summed E-state index contributed by atoms with van der Waals surface area (Å²) in [5.41, 5.74) is 3.70. The zero-order chi connectivity index (χ0) is 17.3. The van der Waals surface area contributed by atoms with Crippen LogP contribution < -0.4 is 4.72 Å². The summed E-state index contributed by atoms with van der Waals surface area (Å²) in [6.45, 7) is 4.07. The molecule has 6 heteroatoms. The molecule has 0 amide bonds. The highest BCUT2D eigenvalue weighted by Gasteiger charge is 2.14. The lowest BCUT2D eigenvalue weighted by molar-refractivity contribution is 0.581. The van der Waals surface area contributed by atoms with Gasteiger partial charge < -0.3 is 4.98 Å². The lowest BCUT2D eigenvalue weighted by atomic mass is 10.1. The van der Waals surface area contributed by atoms with Crippen molar-refractivity contribution in [2.75, 3.05) is 6.54 Å². The summed E-state index contributed by atoms with van der Waals surface area (Å²) >= 11 is 0. The molecular formula is C18H19FN2O2S. The first-order valence-corrected chi connectivity index (χ1v) is 9.17. The highest BCUT2D eigenvalue weighted by molar-refractivity contribution is 7.89. The van der Waals surface area contributed by atoms with Crippen LogP contribution in [0, 0.1) is 19.7 Å². The number of aromatic nitrogens is 1. The molecule has 0 atom stereocenters. The molecule has 0 spiro atoms. The van der Waals surface area contributed by atoms with Gasteiger partial charge in [0.25, 0.3) is 0 Å². The van der Waals surface area contributed by atoms with E-state index >= 15 is 0 Å². The summed E-state index contributed by atoms with van der Waals surface area (Å²) in [5, 5.41) is 0.778. The Hall–Kier alpha value is -2.18. The fourth-order valence-corrected chi connectivity index (χ4v) is 3.76. The minimum absolute atomic E-state index is 0.249. The maximum atomic E-state index is 13.4. The average Bonchev–Trinajstić information content (AvgIpc) is 2.92. The quantitative estimate of drug-likeness (QED) is 0.743. The summed E-state index contributed by atoms with van der Waals surface area (Å²) in [5.74, 6) is -0.306. The van der Waals surface area contributed by atoms with Crippen molar-refractivity contribution in [3.8, 4) is 0 Å². The minimum Gasteiger partial charge on any atom is -0.361 e. The first-order valence-electron chi connectivity index (χ1n) is 7.69. The highest BCUT2D eigenvalue weighted by atomic mass is 32.2. The number of halogens is 1. The van der Waals surface area contributed by atoms with Crippen molar-refractivity contribution < 1.29 is 12.8 Å². The van der Waals surface area contributed by atoms with E-state index in [0.29, 0.717) is 6.42 Å². The third-order valence-corrected chi connectivity index (χ3v) is 5.66. The van der Waals surface area contributed by atoms with Crippen LogP contribution in [0.3, 0.4) is 0 Å². The molecule has 126 valence electrons. The molecule has 0 unspecified atom stereocenters. The Labute approximate surface area is 140 Å². The van der Waals surface area contributed by atoms with Gasteiger partial charge in [-0.3, -0.25) is 0 Å². The monoisotopic (exact) mass is 346 g/mol. The van der Waals surface area contributed by atoms with Crippen molar-refractivity contribution in [2.45, 2.75) is 25.2 Å². The van der Waals surface area contributed by atoms with Crippen molar-refractivity contribution in [2.24, 2.45) is 0 Å². The highest BCUT2D eigenvalue weighted by Crippen LogP contribution is 2.20. The van der Waals surface area contributed by atoms with Gasteiger partial charge in [-0.05, 0) is 67.3 Å². The molecule has 3 rings (SSSR count). The van der Waals surface area contributed by atoms with Crippen LogP contribution in [-0.4, -0.2) is 19.9 Å². The molecule has 24 heavy (non-hydrogen) atoms. The minimum atomic E-state index is -3.55. The Morgan fingerprint density at radius 3 is 2.62 bits per heavy atom. The van der Waals surface area contributed by atoms with Gasteiger partial charge in [0.1, 0.15) is 5.82 Å². The second-order valence-corrected chi connectivity index (χ2v) is 7.66. The predicted octanol–water partition coefficient (Wildman–Crippen LogP) is 3.44. The van der Waals surface area contributed by atoms with Gasteiger partial charge in [-0.2, -0.15) is 0 Å². The lowest BCUT2D eigenvalue weighted by Gasteiger charge is -2.08. The van der Waals surface area contributed by atoms with Crippen LogP contribution in [-0.2, 0) is 16.4 Å². The molecule has 2 aromatic carbocycles. The molecule has 0 saturated heterocycles. The van der Waals surface area contributed by atoms with Gasteiger partial charge in [-0.25, -0.2) is 17.5 Å². The zero-order valence-corrected chi connectivity index (χ0v) is 14.4. The molecule has 1 aromatic heterocycles. The smallest absolute Gasteiger partial charge is 0.240 e. The fraction of sp³-hybridized carbons (Fsp3) is 0.222. The molecule has 1 heterocycles. The Bertz CT molecular complexity index is 993. The van der Waals surface area contributed by atoms with E-state index in [9.17, 15) is 12.8 Å². The van der Waals surface area contributed by atoms with Crippen LogP contribution >= 0.6 is 0 Å². The molecule has 0 aliphatic rings. The van der Waals surface area contributed by atoms with Gasteiger partial charge in [0, 0.05) is 23.6 Å². The number of hydrogen-bond acceptors (Lipinski definition) is 2. The third-order valence-electron chi connectivity index (χ3n) is 4.20. The van der Waals surface area contributed by atoms with E-state index in [-0.39, 0.29) is 17.3 Å². The second-order valence-electron chi connectivity index (χ2n) is 5.90. The first kappa shape index (κ1) is 16.7. The van der Waals surface area contributed by atoms with E-state index in [1.807, 2.05) is 13.8 Å². The maximum Gasteiger partial charge on any atom is 0.240 e. The number of nitrogens with one attached hydrogen (secondary N) is 2. The molecule has 0 saturated carbocycles. The predicted molar refractivity (Wildman–Crippen MR) is 93.1 cm³/mol. The SMILES string of the molecule is Cc1ccc(S(=O)(=O)NCCc2c[nH]c3ccc(F)cc23)cc1C. The van der Waals surface area contributed by atoms with Crippen LogP contribution in [0.2, 0.25) is 0 Å². The number of fused-ring (bicyclic) bond motifs is 1. The topological polar surface area (TPSA) is 62.0 Å². The number of aryl methyl sites for hydroxylation is 2. The fourth-order valence-electron chi connectivity index (χ4n) is 2.64. The van der Waals surface area contributed by atoms with Crippen molar-refractivity contribution >= 4 is 20.9 Å². The van der Waals surface area contributed by atoms with Crippen molar-refractivity contribution in [1.82, 2.24) is 9.71 Å². The van der Waals surface area contributed by atoms with E-state index in [1.54, 1.807) is 30.5 Å². The van der Waals surface area contributed by atoms with E-state index in [2.05, 4.69) is 9.71 Å². The summed E-state index contributed by atoms with van der Waals surface area (Å²) in [6, 6.07) is 9.59. The molecule has 2 N–H and O–H groups in total. The molecule has 0 aliphatic heterocycles. The Kier molecular flexibility index (Phi) is 4.43. The van der Waals surface area contributed by atoms with Gasteiger partial charge in [0.15, 0.2) is 0 Å². The molecule has 0 radical (unpaired) electrons. The van der Waals surface area contributed by atoms with Gasteiger partial charge in [0.2, 0.25) is 10.0 Å². The number of sulfonamides is 1. The number of benzene rings is 2. The summed E-state index contributed by atoms with van der Waals surface area (Å²) in [7, 11) is -3.55. The second kappa shape index (κ2) is 6.37. The first-order chi connectivity index (χ1) is 11.4. The molecule has 4 nitrogen and oxygen atoms in total. The number of H-pyrrole nitrogens is 1. The van der Waals surface area contributed by atoms with E-state index in [4.69, 9.17) is 0 Å². The summed E-state index contributed by atoms with van der Waals surface area (Å²) < 4.78 is 40.7. The van der Waals surface area contributed by atoms with Gasteiger partial charge in [-0.15, -0.1) is 0 Å². The Morgan fingerprint density at radius 2 is 1.88 bits per heavy atom. The van der Waals surface area contributed by atoms with Gasteiger partial charge in [0.05, 0.1) is 4.90 Å². The lowest BCUT2D eigenvalue weighted by Crippen LogP contribution is -2.26. The molecule has 3 aromatic rings. The largest absolute Gasteiger partial charge is 0.361 e. The van der Waals surface area contributed by atoms with Crippen LogP contribution in [0.5, 0.6) is 0 Å². The third kappa shape index (κ3) is 3.34. The zero-order valence-electron chi connectivity index (χ0n) is 13.6. The van der Waals surface area contributed by atoms with Crippen LogP contribution in [0.25, 0.3) is 10.9 Å². The standard InChI is InChI=1S/C18H19FN2O2S/c1-12-3-5-16(9-13(12)2)24(22,23)21-8-7-14-11-20-18-6-4-15(19)10-17(14)18/h3-6,9-11,20-21H,7-8H2,1-2H3. The summed E-state index contributed by atoms with van der Waals surface area (Å²) in [6.07, 6.45) is 2.27. The van der Waals surface area contributed by atoms with Gasteiger partial charge >= 0.3 is 0 Å². The van der Waals surface area contributed by atoms with Crippen LogP contribution in [0.4, 0.5) is 4.39 Å². The van der Waals surface area contributed by atoms with Crippen LogP contribution in [0.1, 0.15) is 16.7 Å². The number of rotatable bonds is 5. The van der Waals surface area contributed by atoms with E-state index in [0.717, 1.165) is 27.6 Å². The average molecular weight is 346 g/mol. The Morgan fingerprint density at radius 1 is 1.08 bits per heavy atom. The van der Waals surface area contributed by atoms with Crippen molar-refractivity contribution in [3.05, 3.63) is 65.1 Å². The van der Waals surface area contributed by atoms with E-state index in [1.165, 1.54) is 12.1 Å².